The fourth-order valence-electron chi connectivity index (χ4n) is 1.97. The highest BCUT2D eigenvalue weighted by molar-refractivity contribution is 6.30. The molecular weight excluding hydrogens is 274 g/mol. The SMILES string of the molecule is Cc1ccc(C(=N)N)c(Oc2c(C)cc(Cl)cc2C)n1. The van der Waals surface area contributed by atoms with Gasteiger partial charge in [-0.15, -0.1) is 0 Å². The Hall–Kier alpha value is -2.07. The van der Waals surface area contributed by atoms with E-state index in [-0.39, 0.29) is 5.84 Å². The topological polar surface area (TPSA) is 72.0 Å². The molecule has 0 radical (unpaired) electrons. The van der Waals surface area contributed by atoms with Gasteiger partial charge in [0.25, 0.3) is 0 Å². The minimum absolute atomic E-state index is 0.0724. The molecule has 0 aliphatic carbocycles. The Balaban J connectivity index is 2.50. The molecule has 0 aliphatic rings. The van der Waals surface area contributed by atoms with Crippen LogP contribution in [0, 0.1) is 26.2 Å². The van der Waals surface area contributed by atoms with E-state index in [1.807, 2.05) is 32.9 Å². The summed E-state index contributed by atoms with van der Waals surface area (Å²) in [5.74, 6) is 0.956. The molecule has 1 aromatic heterocycles. The molecule has 0 unspecified atom stereocenters. The number of nitrogens with two attached hydrogens (primary N) is 1. The standard InChI is InChI=1S/C15H16ClN3O/c1-8-6-11(16)7-9(2)13(8)20-15-12(14(17)18)5-4-10(3)19-15/h4-7H,1-3H3,(H3,17,18). The third-order valence-corrected chi connectivity index (χ3v) is 3.13. The number of rotatable bonds is 3. The van der Waals surface area contributed by atoms with E-state index in [2.05, 4.69) is 4.98 Å². The maximum absolute atomic E-state index is 7.59. The molecule has 0 saturated carbocycles. The maximum Gasteiger partial charge on any atom is 0.230 e. The summed E-state index contributed by atoms with van der Waals surface area (Å²) in [5, 5.41) is 8.25. The molecule has 0 atom stereocenters. The zero-order chi connectivity index (χ0) is 14.9. The van der Waals surface area contributed by atoms with Gasteiger partial charge in [0.05, 0.1) is 5.56 Å². The number of ether oxygens (including phenoxy) is 1. The van der Waals surface area contributed by atoms with Crippen molar-refractivity contribution in [1.82, 2.24) is 4.98 Å². The van der Waals surface area contributed by atoms with E-state index < -0.39 is 0 Å². The van der Waals surface area contributed by atoms with E-state index in [4.69, 9.17) is 27.5 Å². The van der Waals surface area contributed by atoms with Gasteiger partial charge < -0.3 is 10.5 Å². The Labute approximate surface area is 123 Å². The smallest absolute Gasteiger partial charge is 0.230 e. The fraction of sp³-hybridized carbons (Fsp3) is 0.200. The number of hydrogen-bond acceptors (Lipinski definition) is 3. The van der Waals surface area contributed by atoms with Gasteiger partial charge in [-0.25, -0.2) is 4.98 Å². The van der Waals surface area contributed by atoms with Crippen LogP contribution in [0.2, 0.25) is 5.02 Å². The molecule has 5 heteroatoms. The summed E-state index contributed by atoms with van der Waals surface area (Å²) >= 11 is 6.01. The number of pyridine rings is 1. The number of amidine groups is 1. The quantitative estimate of drug-likeness (QED) is 0.668. The van der Waals surface area contributed by atoms with Gasteiger partial charge in [0.1, 0.15) is 11.6 Å². The highest BCUT2D eigenvalue weighted by Crippen LogP contribution is 2.32. The Morgan fingerprint density at radius 2 is 1.80 bits per heavy atom. The zero-order valence-electron chi connectivity index (χ0n) is 11.6. The second kappa shape index (κ2) is 5.51. The van der Waals surface area contributed by atoms with Crippen molar-refractivity contribution in [3.8, 4) is 11.6 Å². The van der Waals surface area contributed by atoms with E-state index in [1.54, 1.807) is 12.1 Å². The Bertz CT molecular complexity index is 660. The van der Waals surface area contributed by atoms with Gasteiger partial charge in [0.2, 0.25) is 5.88 Å². The Kier molecular flexibility index (Phi) is 3.95. The average molecular weight is 290 g/mol. The summed E-state index contributed by atoms with van der Waals surface area (Å²) in [7, 11) is 0. The number of aromatic nitrogens is 1. The van der Waals surface area contributed by atoms with Crippen LogP contribution < -0.4 is 10.5 Å². The van der Waals surface area contributed by atoms with Crippen molar-refractivity contribution in [3.63, 3.8) is 0 Å². The highest BCUT2D eigenvalue weighted by Gasteiger charge is 2.13. The van der Waals surface area contributed by atoms with Crippen LogP contribution in [0.4, 0.5) is 0 Å². The van der Waals surface area contributed by atoms with Gasteiger partial charge in [-0.3, -0.25) is 5.41 Å². The van der Waals surface area contributed by atoms with Crippen molar-refractivity contribution in [3.05, 3.63) is 51.7 Å². The molecule has 3 N–H and O–H groups in total. The van der Waals surface area contributed by atoms with Crippen LogP contribution in [0.5, 0.6) is 11.6 Å². The molecule has 1 heterocycles. The first-order valence-electron chi connectivity index (χ1n) is 6.15. The van der Waals surface area contributed by atoms with Gasteiger partial charge >= 0.3 is 0 Å². The maximum atomic E-state index is 7.59. The molecular formula is C15H16ClN3O. The predicted molar refractivity (Wildman–Crippen MR) is 81.0 cm³/mol. The van der Waals surface area contributed by atoms with Crippen LogP contribution in [0.15, 0.2) is 24.3 Å². The van der Waals surface area contributed by atoms with E-state index in [1.165, 1.54) is 0 Å². The summed E-state index contributed by atoms with van der Waals surface area (Å²) in [5.41, 5.74) is 8.66. The molecule has 2 aromatic rings. The normalized spacial score (nSPS) is 10.4. The fourth-order valence-corrected chi connectivity index (χ4v) is 2.30. The first kappa shape index (κ1) is 14.3. The molecule has 0 spiro atoms. The lowest BCUT2D eigenvalue weighted by Crippen LogP contribution is -2.13. The number of aryl methyl sites for hydroxylation is 3. The van der Waals surface area contributed by atoms with Gasteiger partial charge in [-0.1, -0.05) is 11.6 Å². The van der Waals surface area contributed by atoms with Crippen molar-refractivity contribution >= 4 is 17.4 Å². The van der Waals surface area contributed by atoms with Crippen LogP contribution in [0.25, 0.3) is 0 Å². The van der Waals surface area contributed by atoms with E-state index >= 15 is 0 Å². The summed E-state index contributed by atoms with van der Waals surface area (Å²) in [4.78, 5) is 4.32. The summed E-state index contributed by atoms with van der Waals surface area (Å²) in [6.07, 6.45) is 0. The summed E-state index contributed by atoms with van der Waals surface area (Å²) in [6.45, 7) is 5.69. The zero-order valence-corrected chi connectivity index (χ0v) is 12.4. The number of benzene rings is 1. The third-order valence-electron chi connectivity index (χ3n) is 2.91. The highest BCUT2D eigenvalue weighted by atomic mass is 35.5. The second-order valence-electron chi connectivity index (χ2n) is 4.69. The second-order valence-corrected chi connectivity index (χ2v) is 5.13. The lowest BCUT2D eigenvalue weighted by atomic mass is 10.1. The van der Waals surface area contributed by atoms with E-state index in [0.717, 1.165) is 16.8 Å². The minimum atomic E-state index is -0.0724. The van der Waals surface area contributed by atoms with Gasteiger partial charge in [0, 0.05) is 10.7 Å². The van der Waals surface area contributed by atoms with Crippen LogP contribution in [-0.4, -0.2) is 10.8 Å². The molecule has 1 aromatic carbocycles. The first-order valence-corrected chi connectivity index (χ1v) is 6.53. The minimum Gasteiger partial charge on any atom is -0.438 e. The molecule has 2 rings (SSSR count). The van der Waals surface area contributed by atoms with E-state index in [0.29, 0.717) is 22.2 Å². The molecule has 0 aliphatic heterocycles. The number of nitrogens with one attached hydrogen (secondary N) is 1. The number of nitrogens with zero attached hydrogens (tertiary/aromatic N) is 1. The first-order chi connectivity index (χ1) is 9.38. The Morgan fingerprint density at radius 1 is 1.20 bits per heavy atom. The lowest BCUT2D eigenvalue weighted by Gasteiger charge is -2.14. The number of nitrogen functional groups attached to an aromatic ring is 1. The molecule has 0 fully saturated rings. The molecule has 104 valence electrons. The van der Waals surface area contributed by atoms with Gasteiger partial charge in [-0.2, -0.15) is 0 Å². The summed E-state index contributed by atoms with van der Waals surface area (Å²) < 4.78 is 5.88. The number of hydrogen-bond donors (Lipinski definition) is 2. The molecule has 0 bridgehead atoms. The van der Waals surface area contributed by atoms with Crippen molar-refractivity contribution in [2.75, 3.05) is 0 Å². The van der Waals surface area contributed by atoms with Crippen molar-refractivity contribution in [1.29, 1.82) is 5.41 Å². The number of halogens is 1. The van der Waals surface area contributed by atoms with E-state index in [9.17, 15) is 0 Å². The van der Waals surface area contributed by atoms with Crippen molar-refractivity contribution in [2.45, 2.75) is 20.8 Å². The third kappa shape index (κ3) is 2.91. The van der Waals surface area contributed by atoms with Crippen LogP contribution >= 0.6 is 11.6 Å². The van der Waals surface area contributed by atoms with Crippen LogP contribution in [0.1, 0.15) is 22.4 Å². The Morgan fingerprint density at radius 3 is 2.35 bits per heavy atom. The van der Waals surface area contributed by atoms with Crippen molar-refractivity contribution in [2.24, 2.45) is 5.73 Å². The molecule has 20 heavy (non-hydrogen) atoms. The predicted octanol–water partition coefficient (Wildman–Crippen LogP) is 3.74. The van der Waals surface area contributed by atoms with Crippen LogP contribution in [0.3, 0.4) is 0 Å². The van der Waals surface area contributed by atoms with Crippen LogP contribution in [-0.2, 0) is 0 Å². The largest absolute Gasteiger partial charge is 0.438 e. The molecule has 0 saturated heterocycles. The average Bonchev–Trinajstić information content (AvgIpc) is 2.33. The summed E-state index contributed by atoms with van der Waals surface area (Å²) in [6, 6.07) is 7.19. The van der Waals surface area contributed by atoms with Gasteiger partial charge in [-0.05, 0) is 56.2 Å². The molecule has 0 amide bonds. The monoisotopic (exact) mass is 289 g/mol. The lowest BCUT2D eigenvalue weighted by molar-refractivity contribution is 0.453. The molecule has 4 nitrogen and oxygen atoms in total. The van der Waals surface area contributed by atoms with Crippen molar-refractivity contribution < 1.29 is 4.74 Å². The van der Waals surface area contributed by atoms with Gasteiger partial charge in [0.15, 0.2) is 0 Å².